The Kier molecular flexibility index (Phi) is 2.90. The van der Waals surface area contributed by atoms with E-state index in [1.165, 1.54) is 0 Å². The molecule has 0 aliphatic carbocycles. The Balaban J connectivity index is 2.10. The predicted molar refractivity (Wildman–Crippen MR) is 55.0 cm³/mol. The van der Waals surface area contributed by atoms with Gasteiger partial charge in [-0.1, -0.05) is 18.1 Å². The quantitative estimate of drug-likeness (QED) is 0.835. The Hall–Kier alpha value is -1.20. The van der Waals surface area contributed by atoms with Gasteiger partial charge < -0.3 is 9.84 Å². The predicted octanol–water partition coefficient (Wildman–Crippen LogP) is 1.91. The van der Waals surface area contributed by atoms with Gasteiger partial charge in [0.05, 0.1) is 11.4 Å². The Morgan fingerprint density at radius 1 is 1.57 bits per heavy atom. The third-order valence-corrected chi connectivity index (χ3v) is 2.59. The number of nitrogens with zero attached hydrogens (tertiary/aromatic N) is 2. The number of hydrogen-bond donors (Lipinski definition) is 1. The van der Waals surface area contributed by atoms with E-state index in [-0.39, 0.29) is 0 Å². The summed E-state index contributed by atoms with van der Waals surface area (Å²) in [5.74, 6) is 1.31. The van der Waals surface area contributed by atoms with Crippen LogP contribution in [0.25, 0.3) is 10.8 Å². The third kappa shape index (κ3) is 2.00. The van der Waals surface area contributed by atoms with Crippen molar-refractivity contribution in [2.75, 3.05) is 6.54 Å². The molecular formula is C9H11N3OS. The van der Waals surface area contributed by atoms with E-state index >= 15 is 0 Å². The summed E-state index contributed by atoms with van der Waals surface area (Å²) >= 11 is 1.60. The first kappa shape index (κ1) is 9.36. The van der Waals surface area contributed by atoms with E-state index in [2.05, 4.69) is 15.5 Å². The first-order valence-corrected chi connectivity index (χ1v) is 5.35. The molecular weight excluding hydrogens is 198 g/mol. The van der Waals surface area contributed by atoms with Crippen molar-refractivity contribution in [3.63, 3.8) is 0 Å². The molecule has 0 aromatic carbocycles. The van der Waals surface area contributed by atoms with Gasteiger partial charge in [-0.15, -0.1) is 11.3 Å². The maximum absolute atomic E-state index is 5.12. The number of thiophene rings is 1. The molecule has 0 saturated carbocycles. The molecule has 0 aliphatic heterocycles. The largest absolute Gasteiger partial charge is 0.333 e. The molecule has 0 radical (unpaired) electrons. The van der Waals surface area contributed by atoms with E-state index in [4.69, 9.17) is 4.52 Å². The lowest BCUT2D eigenvalue weighted by atomic mass is 10.5. The second-order valence-electron chi connectivity index (χ2n) is 2.77. The second-order valence-corrected chi connectivity index (χ2v) is 3.72. The zero-order valence-electron chi connectivity index (χ0n) is 7.86. The Morgan fingerprint density at radius 3 is 3.21 bits per heavy atom. The van der Waals surface area contributed by atoms with E-state index < -0.39 is 0 Å². The van der Waals surface area contributed by atoms with Gasteiger partial charge in [0.1, 0.15) is 0 Å². The lowest BCUT2D eigenvalue weighted by Crippen LogP contribution is -2.12. The molecule has 2 aromatic heterocycles. The highest BCUT2D eigenvalue weighted by Gasteiger charge is 2.08. The highest BCUT2D eigenvalue weighted by molar-refractivity contribution is 7.13. The van der Waals surface area contributed by atoms with Crippen molar-refractivity contribution >= 4 is 11.3 Å². The minimum absolute atomic E-state index is 0.605. The summed E-state index contributed by atoms with van der Waals surface area (Å²) in [6, 6.07) is 3.93. The molecule has 74 valence electrons. The standard InChI is InChI=1S/C9H11N3OS/c1-2-10-6-8-11-9(13-12-8)7-4-3-5-14-7/h3-5,10H,2,6H2,1H3. The van der Waals surface area contributed by atoms with Crippen molar-refractivity contribution < 1.29 is 4.52 Å². The molecule has 0 spiro atoms. The van der Waals surface area contributed by atoms with E-state index in [1.807, 2.05) is 24.4 Å². The van der Waals surface area contributed by atoms with Crippen molar-refractivity contribution in [2.24, 2.45) is 0 Å². The molecule has 0 saturated heterocycles. The van der Waals surface area contributed by atoms with E-state index in [0.29, 0.717) is 18.3 Å². The van der Waals surface area contributed by atoms with Crippen molar-refractivity contribution in [2.45, 2.75) is 13.5 Å². The van der Waals surface area contributed by atoms with Crippen LogP contribution in [-0.2, 0) is 6.54 Å². The molecule has 14 heavy (non-hydrogen) atoms. The van der Waals surface area contributed by atoms with Crippen molar-refractivity contribution in [1.82, 2.24) is 15.5 Å². The Labute approximate surface area is 86.0 Å². The van der Waals surface area contributed by atoms with Crippen molar-refractivity contribution in [1.29, 1.82) is 0 Å². The van der Waals surface area contributed by atoms with Gasteiger partial charge in [-0.3, -0.25) is 0 Å². The van der Waals surface area contributed by atoms with Crippen molar-refractivity contribution in [3.05, 3.63) is 23.3 Å². The van der Waals surface area contributed by atoms with Crippen LogP contribution in [0.3, 0.4) is 0 Å². The summed E-state index contributed by atoms with van der Waals surface area (Å²) in [5.41, 5.74) is 0. The van der Waals surface area contributed by atoms with Crippen LogP contribution in [-0.4, -0.2) is 16.7 Å². The lowest BCUT2D eigenvalue weighted by Gasteiger charge is -1.92. The van der Waals surface area contributed by atoms with Crippen LogP contribution in [0, 0.1) is 0 Å². The van der Waals surface area contributed by atoms with Crippen molar-refractivity contribution in [3.8, 4) is 10.8 Å². The molecule has 1 N–H and O–H groups in total. The monoisotopic (exact) mass is 209 g/mol. The zero-order chi connectivity index (χ0) is 9.80. The SMILES string of the molecule is CCNCc1noc(-c2cccs2)n1. The summed E-state index contributed by atoms with van der Waals surface area (Å²) in [4.78, 5) is 5.27. The fraction of sp³-hybridized carbons (Fsp3) is 0.333. The van der Waals surface area contributed by atoms with Crippen LogP contribution in [0.15, 0.2) is 22.0 Å². The molecule has 0 atom stereocenters. The maximum atomic E-state index is 5.12. The fourth-order valence-corrected chi connectivity index (χ4v) is 1.71. The van der Waals surface area contributed by atoms with Crippen LogP contribution in [0.1, 0.15) is 12.7 Å². The molecule has 5 heteroatoms. The summed E-state index contributed by atoms with van der Waals surface area (Å²) in [7, 11) is 0. The van der Waals surface area contributed by atoms with E-state index in [9.17, 15) is 0 Å². The van der Waals surface area contributed by atoms with E-state index in [0.717, 1.165) is 11.4 Å². The number of hydrogen-bond acceptors (Lipinski definition) is 5. The first-order valence-electron chi connectivity index (χ1n) is 4.47. The van der Waals surface area contributed by atoms with Crippen LogP contribution in [0.2, 0.25) is 0 Å². The first-order chi connectivity index (χ1) is 6.90. The van der Waals surface area contributed by atoms with Gasteiger partial charge in [-0.05, 0) is 18.0 Å². The smallest absolute Gasteiger partial charge is 0.268 e. The highest BCUT2D eigenvalue weighted by Crippen LogP contribution is 2.22. The van der Waals surface area contributed by atoms with Gasteiger partial charge >= 0.3 is 0 Å². The average Bonchev–Trinajstić information content (AvgIpc) is 2.85. The second kappa shape index (κ2) is 4.34. The Bertz CT molecular complexity index is 382. The summed E-state index contributed by atoms with van der Waals surface area (Å²) in [5, 5.41) is 9.00. The van der Waals surface area contributed by atoms with Gasteiger partial charge in [-0.2, -0.15) is 4.98 Å². The van der Waals surface area contributed by atoms with Crippen LogP contribution < -0.4 is 5.32 Å². The summed E-state index contributed by atoms with van der Waals surface area (Å²) in [6.45, 7) is 3.61. The molecule has 0 fully saturated rings. The molecule has 2 aromatic rings. The highest BCUT2D eigenvalue weighted by atomic mass is 32.1. The molecule has 0 bridgehead atoms. The molecule has 0 amide bonds. The molecule has 4 nitrogen and oxygen atoms in total. The van der Waals surface area contributed by atoms with Crippen LogP contribution in [0.4, 0.5) is 0 Å². The van der Waals surface area contributed by atoms with Gasteiger partial charge in [0.15, 0.2) is 5.82 Å². The number of rotatable bonds is 4. The van der Waals surface area contributed by atoms with Crippen LogP contribution >= 0.6 is 11.3 Å². The topological polar surface area (TPSA) is 51.0 Å². The van der Waals surface area contributed by atoms with E-state index in [1.54, 1.807) is 11.3 Å². The average molecular weight is 209 g/mol. The summed E-state index contributed by atoms with van der Waals surface area (Å²) < 4.78 is 5.12. The normalized spacial score (nSPS) is 10.6. The number of nitrogens with one attached hydrogen (secondary N) is 1. The van der Waals surface area contributed by atoms with Gasteiger partial charge in [-0.25, -0.2) is 0 Å². The van der Waals surface area contributed by atoms with Crippen LogP contribution in [0.5, 0.6) is 0 Å². The number of aromatic nitrogens is 2. The van der Waals surface area contributed by atoms with Gasteiger partial charge in [0.2, 0.25) is 0 Å². The van der Waals surface area contributed by atoms with Gasteiger partial charge in [0.25, 0.3) is 5.89 Å². The lowest BCUT2D eigenvalue weighted by molar-refractivity contribution is 0.420. The minimum atomic E-state index is 0.605. The summed E-state index contributed by atoms with van der Waals surface area (Å²) in [6.07, 6.45) is 0. The fourth-order valence-electron chi connectivity index (χ4n) is 1.06. The zero-order valence-corrected chi connectivity index (χ0v) is 8.67. The maximum Gasteiger partial charge on any atom is 0.268 e. The molecule has 0 unspecified atom stereocenters. The molecule has 2 heterocycles. The Morgan fingerprint density at radius 2 is 2.50 bits per heavy atom. The molecule has 2 rings (SSSR count). The minimum Gasteiger partial charge on any atom is -0.333 e. The third-order valence-electron chi connectivity index (χ3n) is 1.73. The van der Waals surface area contributed by atoms with Gasteiger partial charge in [0, 0.05) is 0 Å². The molecule has 0 aliphatic rings.